The lowest BCUT2D eigenvalue weighted by molar-refractivity contribution is -0.145. The van der Waals surface area contributed by atoms with Gasteiger partial charge >= 0.3 is 5.97 Å². The lowest BCUT2D eigenvalue weighted by atomic mass is 10.2. The molecule has 0 saturated carbocycles. The second kappa shape index (κ2) is 8.11. The van der Waals surface area contributed by atoms with Crippen molar-refractivity contribution in [1.82, 2.24) is 5.32 Å². The minimum atomic E-state index is -0.985. The van der Waals surface area contributed by atoms with Crippen molar-refractivity contribution in [2.24, 2.45) is 0 Å². The van der Waals surface area contributed by atoms with Crippen LogP contribution in [0.2, 0.25) is 0 Å². The quantitative estimate of drug-likeness (QED) is 0.758. The van der Waals surface area contributed by atoms with Crippen molar-refractivity contribution in [1.29, 1.82) is 0 Å². The number of carboxylic acid groups (broad SMARTS) is 1. The van der Waals surface area contributed by atoms with Gasteiger partial charge in [-0.2, -0.15) is 0 Å². The highest BCUT2D eigenvalue weighted by Gasteiger charge is 2.21. The van der Waals surface area contributed by atoms with Crippen molar-refractivity contribution in [3.63, 3.8) is 0 Å². The molecule has 0 amide bonds. The Morgan fingerprint density at radius 1 is 1.45 bits per heavy atom. The maximum Gasteiger partial charge on any atom is 0.344 e. The summed E-state index contributed by atoms with van der Waals surface area (Å²) in [6.07, 6.45) is -0.508. The molecule has 0 aliphatic heterocycles. The highest BCUT2D eigenvalue weighted by atomic mass is 79.9. The van der Waals surface area contributed by atoms with E-state index in [0.29, 0.717) is 35.5 Å². The molecule has 1 rings (SSSR count). The second-order valence-electron chi connectivity index (χ2n) is 4.22. The molecular formula is C14H20BrNO4. The lowest BCUT2D eigenvalue weighted by Crippen LogP contribution is -2.26. The third-order valence-corrected chi connectivity index (χ3v) is 3.25. The van der Waals surface area contributed by atoms with Crippen molar-refractivity contribution in [3.8, 4) is 11.5 Å². The normalized spacial score (nSPS) is 12.0. The van der Waals surface area contributed by atoms with Crippen LogP contribution in [0.3, 0.4) is 0 Å². The Kier molecular flexibility index (Phi) is 6.81. The average molecular weight is 346 g/mol. The highest BCUT2D eigenvalue weighted by Crippen LogP contribution is 2.37. The molecule has 0 aliphatic rings. The van der Waals surface area contributed by atoms with Crippen molar-refractivity contribution in [3.05, 3.63) is 22.2 Å². The lowest BCUT2D eigenvalue weighted by Gasteiger charge is -2.19. The third-order valence-electron chi connectivity index (χ3n) is 2.66. The van der Waals surface area contributed by atoms with Gasteiger partial charge in [-0.1, -0.05) is 6.92 Å². The van der Waals surface area contributed by atoms with E-state index in [9.17, 15) is 4.79 Å². The van der Waals surface area contributed by atoms with Crippen LogP contribution in [0.25, 0.3) is 0 Å². The molecule has 5 nitrogen and oxygen atoms in total. The van der Waals surface area contributed by atoms with Crippen LogP contribution in [0.4, 0.5) is 0 Å². The van der Waals surface area contributed by atoms with Gasteiger partial charge in [0.2, 0.25) is 0 Å². The van der Waals surface area contributed by atoms with E-state index in [2.05, 4.69) is 21.2 Å². The van der Waals surface area contributed by atoms with E-state index in [1.54, 1.807) is 6.92 Å². The minimum Gasteiger partial charge on any atom is -0.490 e. The fourth-order valence-electron chi connectivity index (χ4n) is 1.76. The van der Waals surface area contributed by atoms with Gasteiger partial charge in [-0.15, -0.1) is 0 Å². The topological polar surface area (TPSA) is 67.8 Å². The molecule has 0 fully saturated rings. The fraction of sp³-hybridized carbons (Fsp3) is 0.500. The fourth-order valence-corrected chi connectivity index (χ4v) is 2.34. The summed E-state index contributed by atoms with van der Waals surface area (Å²) in [5.74, 6) is -0.00562. The number of nitrogens with one attached hydrogen (secondary N) is 1. The summed E-state index contributed by atoms with van der Waals surface area (Å²) < 4.78 is 11.8. The van der Waals surface area contributed by atoms with Crippen molar-refractivity contribution in [2.75, 3.05) is 13.7 Å². The van der Waals surface area contributed by atoms with E-state index in [1.165, 1.54) is 0 Å². The van der Waals surface area contributed by atoms with Crippen LogP contribution >= 0.6 is 15.9 Å². The molecule has 1 atom stereocenters. The summed E-state index contributed by atoms with van der Waals surface area (Å²) in [4.78, 5) is 11.1. The number of hydrogen-bond donors (Lipinski definition) is 2. The van der Waals surface area contributed by atoms with E-state index in [-0.39, 0.29) is 0 Å². The number of rotatable bonds is 8. The smallest absolute Gasteiger partial charge is 0.344 e. The molecule has 0 bridgehead atoms. The minimum absolute atomic E-state index is 0.381. The average Bonchev–Trinajstić information content (AvgIpc) is 2.38. The van der Waals surface area contributed by atoms with Crippen LogP contribution in [-0.2, 0) is 11.3 Å². The zero-order chi connectivity index (χ0) is 15.1. The van der Waals surface area contributed by atoms with E-state index in [1.807, 2.05) is 26.1 Å². The molecule has 0 saturated heterocycles. The Hall–Kier alpha value is -1.27. The molecule has 1 aromatic carbocycles. The first-order valence-electron chi connectivity index (χ1n) is 6.52. The van der Waals surface area contributed by atoms with Gasteiger partial charge < -0.3 is 19.9 Å². The van der Waals surface area contributed by atoms with E-state index in [4.69, 9.17) is 14.6 Å². The standard InChI is InChI=1S/C14H20BrNO4/c1-4-11(14(17)18)20-13-10(15)6-9(8-16-3)7-12(13)19-5-2/h6-7,11,16H,4-5,8H2,1-3H3,(H,17,18). The zero-order valence-electron chi connectivity index (χ0n) is 11.9. The summed E-state index contributed by atoms with van der Waals surface area (Å²) in [6.45, 7) is 4.81. The van der Waals surface area contributed by atoms with Crippen molar-refractivity contribution < 1.29 is 19.4 Å². The molecule has 0 aromatic heterocycles. The van der Waals surface area contributed by atoms with Crippen LogP contribution in [0, 0.1) is 0 Å². The summed E-state index contributed by atoms with van der Waals surface area (Å²) in [6, 6.07) is 3.75. The number of benzene rings is 1. The van der Waals surface area contributed by atoms with Crippen LogP contribution in [0.1, 0.15) is 25.8 Å². The molecule has 0 heterocycles. The molecule has 2 N–H and O–H groups in total. The summed E-state index contributed by atoms with van der Waals surface area (Å²) in [5, 5.41) is 12.2. The molecule has 20 heavy (non-hydrogen) atoms. The number of hydrogen-bond acceptors (Lipinski definition) is 4. The highest BCUT2D eigenvalue weighted by molar-refractivity contribution is 9.10. The van der Waals surface area contributed by atoms with E-state index < -0.39 is 12.1 Å². The maximum absolute atomic E-state index is 11.1. The summed E-state index contributed by atoms with van der Waals surface area (Å²) in [7, 11) is 1.86. The Bertz CT molecular complexity index is 465. The number of halogens is 1. The third kappa shape index (κ3) is 4.38. The molecule has 1 aromatic rings. The Balaban J connectivity index is 3.12. The van der Waals surface area contributed by atoms with Crippen molar-refractivity contribution in [2.45, 2.75) is 32.9 Å². The molecule has 0 radical (unpaired) electrons. The van der Waals surface area contributed by atoms with Gasteiger partial charge in [-0.3, -0.25) is 0 Å². The van der Waals surface area contributed by atoms with E-state index >= 15 is 0 Å². The number of aliphatic carboxylic acids is 1. The molecule has 112 valence electrons. The van der Waals surface area contributed by atoms with Crippen molar-refractivity contribution >= 4 is 21.9 Å². The Morgan fingerprint density at radius 3 is 2.65 bits per heavy atom. The first-order valence-corrected chi connectivity index (χ1v) is 7.32. The molecule has 1 unspecified atom stereocenters. The van der Waals surface area contributed by atoms with E-state index in [0.717, 1.165) is 5.56 Å². The molecule has 6 heteroatoms. The van der Waals surface area contributed by atoms with Gasteiger partial charge in [0, 0.05) is 6.54 Å². The van der Waals surface area contributed by atoms with Gasteiger partial charge in [-0.25, -0.2) is 4.79 Å². The Morgan fingerprint density at radius 2 is 2.15 bits per heavy atom. The van der Waals surface area contributed by atoms with Gasteiger partial charge in [0.1, 0.15) is 0 Å². The number of ether oxygens (including phenoxy) is 2. The molecular weight excluding hydrogens is 326 g/mol. The Labute approximate surface area is 127 Å². The number of carbonyl (C=O) groups is 1. The monoisotopic (exact) mass is 345 g/mol. The predicted octanol–water partition coefficient (Wildman–Crippen LogP) is 2.81. The zero-order valence-corrected chi connectivity index (χ0v) is 13.5. The molecule has 0 spiro atoms. The second-order valence-corrected chi connectivity index (χ2v) is 5.08. The predicted molar refractivity (Wildman–Crippen MR) is 80.4 cm³/mol. The first-order chi connectivity index (χ1) is 9.53. The van der Waals surface area contributed by atoms with Crippen LogP contribution < -0.4 is 14.8 Å². The maximum atomic E-state index is 11.1. The van der Waals surface area contributed by atoms with Crippen LogP contribution in [0.15, 0.2) is 16.6 Å². The van der Waals surface area contributed by atoms with Crippen LogP contribution in [0.5, 0.6) is 11.5 Å². The van der Waals surface area contributed by atoms with Gasteiger partial charge in [0.25, 0.3) is 0 Å². The largest absolute Gasteiger partial charge is 0.490 e. The van der Waals surface area contributed by atoms with Gasteiger partial charge in [0.15, 0.2) is 17.6 Å². The SMILES string of the molecule is CCOc1cc(CNC)cc(Br)c1OC(CC)C(=O)O. The number of carboxylic acids is 1. The molecule has 0 aliphatic carbocycles. The summed E-state index contributed by atoms with van der Waals surface area (Å²) in [5.41, 5.74) is 1.03. The first kappa shape index (κ1) is 16.8. The van der Waals surface area contributed by atoms with Crippen LogP contribution in [-0.4, -0.2) is 30.8 Å². The van der Waals surface area contributed by atoms with Gasteiger partial charge in [0.05, 0.1) is 11.1 Å². The summed E-state index contributed by atoms with van der Waals surface area (Å²) >= 11 is 3.42. The van der Waals surface area contributed by atoms with Gasteiger partial charge in [-0.05, 0) is 54.0 Å².